The van der Waals surface area contributed by atoms with Crippen LogP contribution in [0.25, 0.3) is 5.78 Å². The van der Waals surface area contributed by atoms with Gasteiger partial charge in [0.1, 0.15) is 0 Å². The van der Waals surface area contributed by atoms with E-state index in [1.165, 1.54) is 17.4 Å². The molecule has 0 radical (unpaired) electrons. The third kappa shape index (κ3) is 1.98. The molecule has 1 N–H and O–H groups in total. The van der Waals surface area contributed by atoms with Gasteiger partial charge in [-0.2, -0.15) is 4.98 Å². The predicted molar refractivity (Wildman–Crippen MR) is 60.5 cm³/mol. The molecule has 0 saturated heterocycles. The molecular formula is C11H13N5O. The highest BCUT2D eigenvalue weighted by Gasteiger charge is 2.20. The number of fused-ring (bicyclic) bond motifs is 1. The second kappa shape index (κ2) is 4.12. The fourth-order valence-electron chi connectivity index (χ4n) is 2.15. The maximum Gasteiger partial charge on any atom is 0.291 e. The minimum atomic E-state index is -0.206. The van der Waals surface area contributed by atoms with Gasteiger partial charge in [0, 0.05) is 18.4 Å². The Morgan fingerprint density at radius 1 is 1.41 bits per heavy atom. The monoisotopic (exact) mass is 231 g/mol. The van der Waals surface area contributed by atoms with Gasteiger partial charge in [-0.3, -0.25) is 4.79 Å². The molecule has 0 atom stereocenters. The highest BCUT2D eigenvalue weighted by atomic mass is 16.2. The van der Waals surface area contributed by atoms with Crippen molar-refractivity contribution in [3.05, 3.63) is 24.3 Å². The topological polar surface area (TPSA) is 72.2 Å². The summed E-state index contributed by atoms with van der Waals surface area (Å²) in [4.78, 5) is 20.0. The molecule has 6 nitrogen and oxygen atoms in total. The third-order valence-corrected chi connectivity index (χ3v) is 3.01. The number of nitrogens with one attached hydrogen (secondary N) is 1. The van der Waals surface area contributed by atoms with Crippen molar-refractivity contribution in [3.8, 4) is 0 Å². The zero-order chi connectivity index (χ0) is 11.7. The van der Waals surface area contributed by atoms with Crippen LogP contribution in [0.3, 0.4) is 0 Å². The first-order valence-electron chi connectivity index (χ1n) is 5.81. The molecule has 17 heavy (non-hydrogen) atoms. The molecule has 2 aromatic heterocycles. The highest BCUT2D eigenvalue weighted by molar-refractivity contribution is 5.91. The standard InChI is InChI=1S/C11H13N5O/c17-10(13-8-4-1-2-5-8)9-14-11-12-6-3-7-16(11)15-9/h3,6-8H,1-2,4-5H2,(H,13,17). The van der Waals surface area contributed by atoms with E-state index in [4.69, 9.17) is 0 Å². The van der Waals surface area contributed by atoms with E-state index in [9.17, 15) is 4.79 Å². The Bertz CT molecular complexity index is 511. The molecule has 0 aromatic carbocycles. The van der Waals surface area contributed by atoms with E-state index in [-0.39, 0.29) is 17.8 Å². The van der Waals surface area contributed by atoms with Gasteiger partial charge in [-0.25, -0.2) is 9.50 Å². The molecule has 6 heteroatoms. The van der Waals surface area contributed by atoms with Crippen molar-refractivity contribution in [2.75, 3.05) is 0 Å². The zero-order valence-electron chi connectivity index (χ0n) is 9.33. The summed E-state index contributed by atoms with van der Waals surface area (Å²) < 4.78 is 1.50. The Morgan fingerprint density at radius 3 is 3.00 bits per heavy atom. The summed E-state index contributed by atoms with van der Waals surface area (Å²) in [6.45, 7) is 0. The number of amides is 1. The predicted octanol–water partition coefficient (Wildman–Crippen LogP) is 0.797. The van der Waals surface area contributed by atoms with Crippen LogP contribution in [0, 0.1) is 0 Å². The lowest BCUT2D eigenvalue weighted by molar-refractivity contribution is 0.0927. The van der Waals surface area contributed by atoms with Crippen molar-refractivity contribution in [2.45, 2.75) is 31.7 Å². The summed E-state index contributed by atoms with van der Waals surface area (Å²) in [6.07, 6.45) is 7.83. The number of rotatable bonds is 2. The Labute approximate surface area is 98.1 Å². The third-order valence-electron chi connectivity index (χ3n) is 3.01. The van der Waals surface area contributed by atoms with Gasteiger partial charge < -0.3 is 5.32 Å². The van der Waals surface area contributed by atoms with Crippen LogP contribution in [0.2, 0.25) is 0 Å². The Kier molecular flexibility index (Phi) is 2.47. The van der Waals surface area contributed by atoms with E-state index in [0.29, 0.717) is 5.78 Å². The van der Waals surface area contributed by atoms with Crippen LogP contribution in [0.15, 0.2) is 18.5 Å². The molecule has 1 saturated carbocycles. The summed E-state index contributed by atoms with van der Waals surface area (Å²) in [7, 11) is 0. The molecule has 2 heterocycles. The fraction of sp³-hybridized carbons (Fsp3) is 0.455. The SMILES string of the molecule is O=C(NC1CCCC1)c1nc2ncccn2n1. The van der Waals surface area contributed by atoms with Gasteiger partial charge in [-0.15, -0.1) is 5.10 Å². The second-order valence-corrected chi connectivity index (χ2v) is 4.25. The zero-order valence-corrected chi connectivity index (χ0v) is 9.33. The van der Waals surface area contributed by atoms with Crippen molar-refractivity contribution >= 4 is 11.7 Å². The smallest absolute Gasteiger partial charge is 0.291 e. The molecule has 0 aliphatic heterocycles. The van der Waals surface area contributed by atoms with E-state index in [2.05, 4.69) is 20.4 Å². The van der Waals surface area contributed by atoms with Crippen molar-refractivity contribution in [3.63, 3.8) is 0 Å². The first kappa shape index (κ1) is 10.2. The molecule has 1 amide bonds. The molecule has 3 rings (SSSR count). The van der Waals surface area contributed by atoms with Gasteiger partial charge in [-0.1, -0.05) is 12.8 Å². The van der Waals surface area contributed by atoms with Crippen molar-refractivity contribution in [1.29, 1.82) is 0 Å². The Morgan fingerprint density at radius 2 is 2.24 bits per heavy atom. The van der Waals surface area contributed by atoms with Crippen LogP contribution >= 0.6 is 0 Å². The molecule has 0 bridgehead atoms. The van der Waals surface area contributed by atoms with E-state index in [0.717, 1.165) is 12.8 Å². The summed E-state index contributed by atoms with van der Waals surface area (Å²) in [5.74, 6) is 0.432. The fourth-order valence-corrected chi connectivity index (χ4v) is 2.15. The molecule has 0 spiro atoms. The number of aromatic nitrogens is 4. The summed E-state index contributed by atoms with van der Waals surface area (Å²) in [6, 6.07) is 2.03. The quantitative estimate of drug-likeness (QED) is 0.829. The first-order chi connectivity index (χ1) is 8.33. The molecule has 1 aliphatic rings. The van der Waals surface area contributed by atoms with Gasteiger partial charge in [0.05, 0.1) is 0 Å². The van der Waals surface area contributed by atoms with Gasteiger partial charge in [-0.05, 0) is 18.9 Å². The number of hydrogen-bond acceptors (Lipinski definition) is 4. The van der Waals surface area contributed by atoms with E-state index in [1.807, 2.05) is 0 Å². The summed E-state index contributed by atoms with van der Waals surface area (Å²) in [5, 5.41) is 7.04. The van der Waals surface area contributed by atoms with Crippen LogP contribution in [0.5, 0.6) is 0 Å². The normalized spacial score (nSPS) is 16.5. The van der Waals surface area contributed by atoms with Crippen LogP contribution < -0.4 is 5.32 Å². The molecule has 88 valence electrons. The van der Waals surface area contributed by atoms with Gasteiger partial charge in [0.25, 0.3) is 11.7 Å². The van der Waals surface area contributed by atoms with Crippen LogP contribution in [-0.4, -0.2) is 31.5 Å². The maximum atomic E-state index is 11.9. The number of carbonyl (C=O) groups excluding carboxylic acids is 1. The molecule has 0 unspecified atom stereocenters. The summed E-state index contributed by atoms with van der Waals surface area (Å²) >= 11 is 0. The largest absolute Gasteiger partial charge is 0.347 e. The van der Waals surface area contributed by atoms with Crippen LogP contribution in [-0.2, 0) is 0 Å². The van der Waals surface area contributed by atoms with Gasteiger partial charge in [0.2, 0.25) is 5.82 Å². The lowest BCUT2D eigenvalue weighted by Gasteiger charge is -2.08. The van der Waals surface area contributed by atoms with Crippen molar-refractivity contribution in [2.24, 2.45) is 0 Å². The first-order valence-corrected chi connectivity index (χ1v) is 5.81. The van der Waals surface area contributed by atoms with Crippen molar-refractivity contribution < 1.29 is 4.79 Å². The average molecular weight is 231 g/mol. The van der Waals surface area contributed by atoms with Crippen LogP contribution in [0.4, 0.5) is 0 Å². The lowest BCUT2D eigenvalue weighted by Crippen LogP contribution is -2.33. The number of carbonyl (C=O) groups is 1. The number of hydrogen-bond donors (Lipinski definition) is 1. The van der Waals surface area contributed by atoms with Crippen molar-refractivity contribution in [1.82, 2.24) is 24.9 Å². The molecule has 1 aliphatic carbocycles. The molecular weight excluding hydrogens is 218 g/mol. The highest BCUT2D eigenvalue weighted by Crippen LogP contribution is 2.17. The van der Waals surface area contributed by atoms with E-state index < -0.39 is 0 Å². The van der Waals surface area contributed by atoms with Gasteiger partial charge >= 0.3 is 0 Å². The van der Waals surface area contributed by atoms with E-state index >= 15 is 0 Å². The van der Waals surface area contributed by atoms with Gasteiger partial charge in [0.15, 0.2) is 0 Å². The molecule has 2 aromatic rings. The minimum absolute atomic E-state index is 0.190. The minimum Gasteiger partial charge on any atom is -0.347 e. The lowest BCUT2D eigenvalue weighted by atomic mass is 10.2. The Balaban J connectivity index is 1.80. The maximum absolute atomic E-state index is 11.9. The second-order valence-electron chi connectivity index (χ2n) is 4.25. The van der Waals surface area contributed by atoms with E-state index in [1.54, 1.807) is 18.5 Å². The number of nitrogens with zero attached hydrogens (tertiary/aromatic N) is 4. The molecule has 1 fully saturated rings. The Hall–Kier alpha value is -1.98. The summed E-state index contributed by atoms with van der Waals surface area (Å²) in [5.41, 5.74) is 0. The van der Waals surface area contributed by atoms with Crippen LogP contribution in [0.1, 0.15) is 36.3 Å². The average Bonchev–Trinajstić information content (AvgIpc) is 2.96.